The quantitative estimate of drug-likeness (QED) is 0.478. The molecule has 1 rings (SSSR count). The summed E-state index contributed by atoms with van der Waals surface area (Å²) in [7, 11) is 0. The molecule has 2 nitrogen and oxygen atoms in total. The van der Waals surface area contributed by atoms with Gasteiger partial charge in [0.25, 0.3) is 0 Å². The summed E-state index contributed by atoms with van der Waals surface area (Å²) in [5, 5.41) is 0.433. The molecule has 0 aliphatic carbocycles. The maximum absolute atomic E-state index is 12.8. The highest BCUT2D eigenvalue weighted by Crippen LogP contribution is 2.14. The van der Waals surface area contributed by atoms with Crippen LogP contribution in [-0.2, 0) is 0 Å². The molecule has 0 bridgehead atoms. The van der Waals surface area contributed by atoms with E-state index in [1.807, 2.05) is 13.8 Å². The molecule has 0 spiro atoms. The van der Waals surface area contributed by atoms with Crippen LogP contribution < -0.4 is 0 Å². The number of pyridine rings is 1. The van der Waals surface area contributed by atoms with Crippen molar-refractivity contribution in [1.29, 1.82) is 0 Å². The molecule has 0 atom stereocenters. The van der Waals surface area contributed by atoms with Crippen molar-refractivity contribution in [2.75, 3.05) is 0 Å². The van der Waals surface area contributed by atoms with E-state index in [2.05, 4.69) is 37.0 Å². The predicted molar refractivity (Wildman–Crippen MR) is 92.9 cm³/mol. The van der Waals surface area contributed by atoms with Gasteiger partial charge in [0.15, 0.2) is 0 Å². The maximum Gasteiger partial charge on any atom is 0.143 e. The minimum Gasteiger partial charge on any atom is -0.259 e. The lowest BCUT2D eigenvalue weighted by Crippen LogP contribution is -1.83. The molecule has 0 unspecified atom stereocenters. The van der Waals surface area contributed by atoms with E-state index in [9.17, 15) is 4.39 Å². The molecule has 0 aromatic carbocycles. The van der Waals surface area contributed by atoms with Gasteiger partial charge in [0.05, 0.1) is 18.1 Å². The fourth-order valence-corrected chi connectivity index (χ4v) is 1.07. The molecule has 1 aromatic rings. The van der Waals surface area contributed by atoms with Crippen LogP contribution in [0.25, 0.3) is 0 Å². The van der Waals surface area contributed by atoms with E-state index in [1.165, 1.54) is 31.0 Å². The van der Waals surface area contributed by atoms with Crippen LogP contribution in [0.3, 0.4) is 0 Å². The molecule has 4 heteroatoms. The number of rotatable bonds is 4. The van der Waals surface area contributed by atoms with Crippen molar-refractivity contribution in [3.8, 4) is 0 Å². The Kier molecular flexibility index (Phi) is 15.1. The van der Waals surface area contributed by atoms with Gasteiger partial charge in [-0.1, -0.05) is 71.0 Å². The van der Waals surface area contributed by atoms with Crippen molar-refractivity contribution in [3.63, 3.8) is 0 Å². The minimum absolute atomic E-state index is 0.410. The molecular formula is C17H24ClFN2. The highest BCUT2D eigenvalue weighted by atomic mass is 35.5. The van der Waals surface area contributed by atoms with E-state index in [1.54, 1.807) is 6.08 Å². The van der Waals surface area contributed by atoms with Crippen LogP contribution in [0.5, 0.6) is 0 Å². The number of nitrogens with zero attached hydrogens (tertiary/aromatic N) is 2. The van der Waals surface area contributed by atoms with E-state index in [4.69, 9.17) is 11.6 Å². The van der Waals surface area contributed by atoms with E-state index in [0.29, 0.717) is 16.3 Å². The first kappa shape index (κ1) is 21.6. The molecule has 0 amide bonds. The summed E-state index contributed by atoms with van der Waals surface area (Å²) in [5.41, 5.74) is 1.02. The summed E-state index contributed by atoms with van der Waals surface area (Å²) >= 11 is 5.84. The van der Waals surface area contributed by atoms with Crippen LogP contribution in [0, 0.1) is 5.82 Å². The van der Waals surface area contributed by atoms with Gasteiger partial charge in [-0.15, -0.1) is 0 Å². The van der Waals surface area contributed by atoms with Crippen molar-refractivity contribution < 1.29 is 4.39 Å². The summed E-state index contributed by atoms with van der Waals surface area (Å²) in [6.45, 7) is 15.4. The zero-order valence-electron chi connectivity index (χ0n) is 13.2. The Labute approximate surface area is 132 Å². The first-order valence-electron chi connectivity index (χ1n) is 6.88. The molecule has 0 radical (unpaired) electrons. The topological polar surface area (TPSA) is 25.2 Å². The summed E-state index contributed by atoms with van der Waals surface area (Å²) in [6.07, 6.45) is 8.31. The molecule has 21 heavy (non-hydrogen) atoms. The van der Waals surface area contributed by atoms with Gasteiger partial charge >= 0.3 is 0 Å². The second-order valence-corrected chi connectivity index (χ2v) is 3.95. The first-order chi connectivity index (χ1) is 10.1. The Hall–Kier alpha value is -1.74. The number of allylic oxidation sites excluding steroid dienone is 4. The summed E-state index contributed by atoms with van der Waals surface area (Å²) in [4.78, 5) is 7.69. The van der Waals surface area contributed by atoms with E-state index >= 15 is 0 Å². The summed E-state index contributed by atoms with van der Waals surface area (Å²) in [5.74, 6) is -0.436. The standard InChI is InChI=1S/C12H10ClFN2.C3H8.C2H6/c1-3-9(12(13)4-2)6-16-11-5-10(14)7-15-8-11;1-3-2;1-2/h3-8H,1-2H2;3H2,1-2H3;1-2H3/b12-9-,16-6?;;. The monoisotopic (exact) mass is 310 g/mol. The lowest BCUT2D eigenvalue weighted by Gasteiger charge is -1.96. The van der Waals surface area contributed by atoms with Crippen molar-refractivity contribution in [1.82, 2.24) is 4.98 Å². The Balaban J connectivity index is 0. The second-order valence-electron chi connectivity index (χ2n) is 3.54. The molecular weight excluding hydrogens is 287 g/mol. The molecule has 0 N–H and O–H groups in total. The van der Waals surface area contributed by atoms with Crippen LogP contribution in [0.2, 0.25) is 0 Å². The fourth-order valence-electron chi connectivity index (χ4n) is 0.945. The van der Waals surface area contributed by atoms with Gasteiger partial charge in [-0.25, -0.2) is 4.39 Å². The lowest BCUT2D eigenvalue weighted by atomic mass is 10.2. The van der Waals surface area contributed by atoms with Gasteiger partial charge in [0.2, 0.25) is 0 Å². The summed E-state index contributed by atoms with van der Waals surface area (Å²) < 4.78 is 12.8. The molecule has 0 aliphatic rings. The smallest absolute Gasteiger partial charge is 0.143 e. The van der Waals surface area contributed by atoms with Gasteiger partial charge in [-0.2, -0.15) is 0 Å². The normalized spacial score (nSPS) is 10.6. The highest BCUT2D eigenvalue weighted by Gasteiger charge is 1.95. The molecule has 0 aliphatic heterocycles. The largest absolute Gasteiger partial charge is 0.259 e. The van der Waals surface area contributed by atoms with Crippen molar-refractivity contribution in [2.24, 2.45) is 4.99 Å². The van der Waals surface area contributed by atoms with E-state index in [-0.39, 0.29) is 0 Å². The Morgan fingerprint density at radius 3 is 2.29 bits per heavy atom. The van der Waals surface area contributed by atoms with Gasteiger partial charge < -0.3 is 0 Å². The molecule has 116 valence electrons. The first-order valence-corrected chi connectivity index (χ1v) is 7.26. The predicted octanol–water partition coefficient (Wildman–Crippen LogP) is 6.23. The average Bonchev–Trinajstić information content (AvgIpc) is 2.50. The molecule has 1 heterocycles. The lowest BCUT2D eigenvalue weighted by molar-refractivity contribution is 0.622. The third-order valence-corrected chi connectivity index (χ3v) is 2.09. The van der Waals surface area contributed by atoms with Crippen LogP contribution in [-0.4, -0.2) is 11.2 Å². The Bertz CT molecular complexity index is 479. The Morgan fingerprint density at radius 1 is 1.29 bits per heavy atom. The van der Waals surface area contributed by atoms with Gasteiger partial charge in [-0.3, -0.25) is 9.98 Å². The van der Waals surface area contributed by atoms with Gasteiger partial charge in [0, 0.05) is 22.9 Å². The van der Waals surface area contributed by atoms with Crippen molar-refractivity contribution in [3.05, 3.63) is 60.2 Å². The molecule has 0 fully saturated rings. The van der Waals surface area contributed by atoms with E-state index < -0.39 is 5.82 Å². The van der Waals surface area contributed by atoms with Gasteiger partial charge in [0.1, 0.15) is 5.82 Å². The Morgan fingerprint density at radius 2 is 1.86 bits per heavy atom. The zero-order chi connectivity index (χ0) is 16.7. The summed E-state index contributed by atoms with van der Waals surface area (Å²) in [6, 6.07) is 1.27. The van der Waals surface area contributed by atoms with Crippen molar-refractivity contribution >= 4 is 23.5 Å². The average molecular weight is 311 g/mol. The fraction of sp³-hybridized carbons (Fsp3) is 0.294. The van der Waals surface area contributed by atoms with Crippen LogP contribution in [0.1, 0.15) is 34.1 Å². The van der Waals surface area contributed by atoms with Gasteiger partial charge in [-0.05, 0) is 0 Å². The zero-order valence-corrected chi connectivity index (χ0v) is 14.0. The van der Waals surface area contributed by atoms with E-state index in [0.717, 1.165) is 6.20 Å². The van der Waals surface area contributed by atoms with Crippen LogP contribution in [0.4, 0.5) is 10.1 Å². The highest BCUT2D eigenvalue weighted by molar-refractivity contribution is 6.33. The molecule has 0 saturated carbocycles. The molecule has 0 saturated heterocycles. The van der Waals surface area contributed by atoms with Crippen LogP contribution >= 0.6 is 11.6 Å². The minimum atomic E-state index is -0.436. The van der Waals surface area contributed by atoms with Crippen molar-refractivity contribution in [2.45, 2.75) is 34.1 Å². The number of hydrogen-bond donors (Lipinski definition) is 0. The maximum atomic E-state index is 12.8. The number of aliphatic imine (C=N–C) groups is 1. The third kappa shape index (κ3) is 10.7. The third-order valence-electron chi connectivity index (χ3n) is 1.72. The SMILES string of the molecule is C=C/C(Cl)=C(\C=C)C=Nc1cncc(F)c1.CC.CCC. The molecule has 1 aromatic heterocycles. The number of hydrogen-bond acceptors (Lipinski definition) is 2. The number of aromatic nitrogens is 1. The second kappa shape index (κ2) is 14.7. The van der Waals surface area contributed by atoms with Crippen LogP contribution in [0.15, 0.2) is 59.4 Å². The number of halogens is 2.